The number of thiophene rings is 1. The predicted molar refractivity (Wildman–Crippen MR) is 102 cm³/mol. The summed E-state index contributed by atoms with van der Waals surface area (Å²) in [6.07, 6.45) is 4.18. The second-order valence-electron chi connectivity index (χ2n) is 5.65. The molecule has 0 amide bonds. The molecule has 0 bridgehead atoms. The molecular weight excluding hydrogens is 395 g/mol. The van der Waals surface area contributed by atoms with Crippen molar-refractivity contribution in [1.82, 2.24) is 10.2 Å². The lowest BCUT2D eigenvalue weighted by atomic mass is 9.85. The third-order valence-electron chi connectivity index (χ3n) is 4.38. The fraction of sp³-hybridized carbons (Fsp3) is 0.667. The van der Waals surface area contributed by atoms with Crippen LogP contribution in [0, 0.1) is 5.92 Å². The zero-order valence-corrected chi connectivity index (χ0v) is 15.8. The van der Waals surface area contributed by atoms with Gasteiger partial charge in [-0.05, 0) is 36.3 Å². The zero-order valence-electron chi connectivity index (χ0n) is 12.6. The summed E-state index contributed by atoms with van der Waals surface area (Å²) in [7, 11) is 1.90. The molecule has 1 aliphatic heterocycles. The average Bonchev–Trinajstić information content (AvgIpc) is 2.96. The molecule has 118 valence electrons. The number of hydrogen-bond acceptors (Lipinski definition) is 3. The van der Waals surface area contributed by atoms with Crippen LogP contribution in [-0.4, -0.2) is 50.6 Å². The fourth-order valence-electron chi connectivity index (χ4n) is 2.85. The number of hydrogen-bond donors (Lipinski definition) is 1. The van der Waals surface area contributed by atoms with Gasteiger partial charge in [0.1, 0.15) is 0 Å². The number of rotatable bonds is 3. The predicted octanol–water partition coefficient (Wildman–Crippen LogP) is 2.86. The number of halogens is 1. The van der Waals surface area contributed by atoms with Gasteiger partial charge >= 0.3 is 0 Å². The molecule has 1 aromatic heterocycles. The van der Waals surface area contributed by atoms with Crippen LogP contribution in [0.1, 0.15) is 19.3 Å². The van der Waals surface area contributed by atoms with Crippen LogP contribution in [0.2, 0.25) is 0 Å². The fourth-order valence-corrected chi connectivity index (χ4v) is 3.64. The largest absolute Gasteiger partial charge is 0.360 e. The summed E-state index contributed by atoms with van der Waals surface area (Å²) in [5, 5.41) is 7.10. The van der Waals surface area contributed by atoms with E-state index in [0.29, 0.717) is 0 Å². The van der Waals surface area contributed by atoms with Crippen molar-refractivity contribution in [2.75, 3.05) is 44.7 Å². The molecule has 0 unspecified atom stereocenters. The van der Waals surface area contributed by atoms with E-state index < -0.39 is 0 Å². The molecule has 1 saturated carbocycles. The van der Waals surface area contributed by atoms with Crippen LogP contribution in [0.15, 0.2) is 22.5 Å². The van der Waals surface area contributed by atoms with Gasteiger partial charge in [0.05, 0.1) is 5.00 Å². The molecule has 21 heavy (non-hydrogen) atoms. The van der Waals surface area contributed by atoms with Crippen molar-refractivity contribution in [3.63, 3.8) is 0 Å². The summed E-state index contributed by atoms with van der Waals surface area (Å²) in [5.74, 6) is 1.96. The van der Waals surface area contributed by atoms with E-state index in [1.54, 1.807) is 0 Å². The maximum atomic E-state index is 4.45. The smallest absolute Gasteiger partial charge is 0.193 e. The van der Waals surface area contributed by atoms with E-state index in [-0.39, 0.29) is 24.0 Å². The monoisotopic (exact) mass is 420 g/mol. The molecule has 1 N–H and O–H groups in total. The molecule has 2 heterocycles. The van der Waals surface area contributed by atoms with E-state index in [1.165, 1.54) is 24.3 Å². The molecule has 0 aromatic carbocycles. The standard InChI is InChI=1S/C15H24N4S.HI/c1-16-15(17-12-13-4-2-5-13)19-9-7-18(8-10-19)14-6-3-11-20-14;/h3,6,11,13H,2,4-5,7-10,12H2,1H3,(H,16,17);1H. The SMILES string of the molecule is CN=C(NCC1CCC1)N1CCN(c2cccs2)CC1.I. The molecule has 2 aliphatic rings. The molecule has 1 aromatic rings. The summed E-state index contributed by atoms with van der Waals surface area (Å²) >= 11 is 1.83. The van der Waals surface area contributed by atoms with Crippen molar-refractivity contribution >= 4 is 46.3 Å². The Bertz CT molecular complexity index is 437. The highest BCUT2D eigenvalue weighted by molar-refractivity contribution is 14.0. The Hall–Kier alpha value is -0.500. The van der Waals surface area contributed by atoms with Crippen molar-refractivity contribution in [2.45, 2.75) is 19.3 Å². The molecular formula is C15H25IN4S. The minimum absolute atomic E-state index is 0. The molecule has 3 rings (SSSR count). The highest BCUT2D eigenvalue weighted by Crippen LogP contribution is 2.25. The van der Waals surface area contributed by atoms with Crippen LogP contribution < -0.4 is 10.2 Å². The highest BCUT2D eigenvalue weighted by atomic mass is 127. The minimum atomic E-state index is 0. The van der Waals surface area contributed by atoms with E-state index in [1.807, 2.05) is 18.4 Å². The highest BCUT2D eigenvalue weighted by Gasteiger charge is 2.22. The summed E-state index contributed by atoms with van der Waals surface area (Å²) in [6, 6.07) is 4.34. The Balaban J connectivity index is 0.00000161. The van der Waals surface area contributed by atoms with E-state index in [4.69, 9.17) is 0 Å². The Morgan fingerprint density at radius 2 is 2.10 bits per heavy atom. The number of piperazine rings is 1. The quantitative estimate of drug-likeness (QED) is 0.464. The van der Waals surface area contributed by atoms with E-state index in [0.717, 1.165) is 44.6 Å². The second kappa shape index (κ2) is 8.22. The molecule has 6 heteroatoms. The van der Waals surface area contributed by atoms with Crippen LogP contribution in [0.5, 0.6) is 0 Å². The Kier molecular flexibility index (Phi) is 6.60. The first-order chi connectivity index (χ1) is 9.86. The maximum Gasteiger partial charge on any atom is 0.193 e. The van der Waals surface area contributed by atoms with E-state index >= 15 is 0 Å². The Morgan fingerprint density at radius 1 is 1.33 bits per heavy atom. The molecule has 2 fully saturated rings. The van der Waals surface area contributed by atoms with Crippen LogP contribution in [-0.2, 0) is 0 Å². The van der Waals surface area contributed by atoms with Crippen LogP contribution in [0.4, 0.5) is 5.00 Å². The third kappa shape index (κ3) is 4.25. The van der Waals surface area contributed by atoms with Gasteiger partial charge in [-0.15, -0.1) is 35.3 Å². The summed E-state index contributed by atoms with van der Waals surface area (Å²) in [5.41, 5.74) is 0. The number of anilines is 1. The number of nitrogens with one attached hydrogen (secondary N) is 1. The van der Waals surface area contributed by atoms with Crippen molar-refractivity contribution in [1.29, 1.82) is 0 Å². The molecule has 1 saturated heterocycles. The number of aliphatic imine (C=N–C) groups is 1. The molecule has 4 nitrogen and oxygen atoms in total. The Morgan fingerprint density at radius 3 is 2.62 bits per heavy atom. The van der Waals surface area contributed by atoms with Crippen LogP contribution >= 0.6 is 35.3 Å². The van der Waals surface area contributed by atoms with Crippen LogP contribution in [0.3, 0.4) is 0 Å². The first-order valence-electron chi connectivity index (χ1n) is 7.61. The molecule has 1 aliphatic carbocycles. The number of guanidine groups is 1. The molecule has 0 radical (unpaired) electrons. The summed E-state index contributed by atoms with van der Waals surface area (Å²) < 4.78 is 0. The van der Waals surface area contributed by atoms with Gasteiger partial charge in [0.25, 0.3) is 0 Å². The van der Waals surface area contributed by atoms with Gasteiger partial charge in [0.15, 0.2) is 5.96 Å². The minimum Gasteiger partial charge on any atom is -0.360 e. The van der Waals surface area contributed by atoms with Gasteiger partial charge in [0, 0.05) is 39.8 Å². The van der Waals surface area contributed by atoms with Crippen LogP contribution in [0.25, 0.3) is 0 Å². The Labute approximate surface area is 148 Å². The number of nitrogens with zero attached hydrogens (tertiary/aromatic N) is 3. The van der Waals surface area contributed by atoms with E-state index in [2.05, 4.69) is 37.6 Å². The second-order valence-corrected chi connectivity index (χ2v) is 6.58. The molecule has 0 atom stereocenters. The average molecular weight is 420 g/mol. The lowest BCUT2D eigenvalue weighted by molar-refractivity contribution is 0.305. The maximum absolute atomic E-state index is 4.45. The van der Waals surface area contributed by atoms with Gasteiger partial charge in [-0.1, -0.05) is 6.42 Å². The van der Waals surface area contributed by atoms with Gasteiger partial charge in [-0.2, -0.15) is 0 Å². The zero-order chi connectivity index (χ0) is 13.8. The topological polar surface area (TPSA) is 30.9 Å². The summed E-state index contributed by atoms with van der Waals surface area (Å²) in [6.45, 7) is 5.39. The van der Waals surface area contributed by atoms with E-state index in [9.17, 15) is 0 Å². The lowest BCUT2D eigenvalue weighted by Crippen LogP contribution is -2.53. The first kappa shape index (κ1) is 16.9. The first-order valence-corrected chi connectivity index (χ1v) is 8.49. The van der Waals surface area contributed by atoms with Gasteiger partial charge in [-0.25, -0.2) is 0 Å². The summed E-state index contributed by atoms with van der Waals surface area (Å²) in [4.78, 5) is 9.31. The van der Waals surface area contributed by atoms with Crippen molar-refractivity contribution in [3.05, 3.63) is 17.5 Å². The van der Waals surface area contributed by atoms with Gasteiger partial charge < -0.3 is 15.1 Å². The van der Waals surface area contributed by atoms with Gasteiger partial charge in [0.2, 0.25) is 0 Å². The van der Waals surface area contributed by atoms with Crippen molar-refractivity contribution < 1.29 is 0 Å². The molecule has 0 spiro atoms. The van der Waals surface area contributed by atoms with Crippen molar-refractivity contribution in [3.8, 4) is 0 Å². The third-order valence-corrected chi connectivity index (χ3v) is 5.31. The van der Waals surface area contributed by atoms with Gasteiger partial charge in [-0.3, -0.25) is 4.99 Å². The lowest BCUT2D eigenvalue weighted by Gasteiger charge is -2.37. The normalized spacial score (nSPS) is 20.0. The van der Waals surface area contributed by atoms with Crippen molar-refractivity contribution in [2.24, 2.45) is 10.9 Å².